The highest BCUT2D eigenvalue weighted by molar-refractivity contribution is 7.80. The predicted octanol–water partition coefficient (Wildman–Crippen LogP) is 4.21. The molecule has 8 heteroatoms. The molecular formula is C21H20N4O3S. The van der Waals surface area contributed by atoms with Gasteiger partial charge in [-0.05, 0) is 54.2 Å². The summed E-state index contributed by atoms with van der Waals surface area (Å²) in [5.41, 5.74) is 2.81. The fourth-order valence-corrected chi connectivity index (χ4v) is 3.95. The van der Waals surface area contributed by atoms with Gasteiger partial charge in [-0.3, -0.25) is 10.1 Å². The van der Waals surface area contributed by atoms with Crippen molar-refractivity contribution in [2.45, 2.75) is 12.6 Å². The quantitative estimate of drug-likeness (QED) is 0.396. The number of nitro groups is 1. The maximum absolute atomic E-state index is 11.3. The third-order valence-electron chi connectivity index (χ3n) is 5.04. The third-order valence-corrected chi connectivity index (χ3v) is 5.37. The van der Waals surface area contributed by atoms with Crippen LogP contribution in [0, 0.1) is 10.1 Å². The van der Waals surface area contributed by atoms with Crippen molar-refractivity contribution in [3.05, 3.63) is 88.2 Å². The van der Waals surface area contributed by atoms with Gasteiger partial charge in [-0.25, -0.2) is 0 Å². The van der Waals surface area contributed by atoms with Gasteiger partial charge in [0.25, 0.3) is 5.69 Å². The third kappa shape index (κ3) is 3.79. The zero-order chi connectivity index (χ0) is 20.4. The Hall–Kier alpha value is -3.39. The number of methoxy groups -OCH3 is 1. The lowest BCUT2D eigenvalue weighted by molar-refractivity contribution is -0.384. The SMILES string of the molecule is COc1ccc(NC(=S)N2CCn3cccc3[C@H]2c2cccc([N+](=O)[O-])c2)cc1. The molecule has 2 heterocycles. The van der Waals surface area contributed by atoms with Crippen molar-refractivity contribution in [1.29, 1.82) is 0 Å². The molecule has 0 radical (unpaired) electrons. The second kappa shape index (κ2) is 7.92. The van der Waals surface area contributed by atoms with E-state index in [1.54, 1.807) is 19.2 Å². The van der Waals surface area contributed by atoms with Gasteiger partial charge in [0.15, 0.2) is 5.11 Å². The van der Waals surface area contributed by atoms with Gasteiger partial charge in [0.2, 0.25) is 0 Å². The molecule has 29 heavy (non-hydrogen) atoms. The van der Waals surface area contributed by atoms with Gasteiger partial charge in [0.05, 0.1) is 18.1 Å². The molecule has 7 nitrogen and oxygen atoms in total. The summed E-state index contributed by atoms with van der Waals surface area (Å²) in [6.07, 6.45) is 2.02. The van der Waals surface area contributed by atoms with Gasteiger partial charge in [-0.1, -0.05) is 12.1 Å². The minimum atomic E-state index is -0.371. The molecule has 0 saturated carbocycles. The summed E-state index contributed by atoms with van der Waals surface area (Å²) >= 11 is 5.72. The highest BCUT2D eigenvalue weighted by Gasteiger charge is 2.31. The predicted molar refractivity (Wildman–Crippen MR) is 115 cm³/mol. The number of fused-ring (bicyclic) bond motifs is 1. The summed E-state index contributed by atoms with van der Waals surface area (Å²) in [6, 6.07) is 18.1. The number of anilines is 1. The summed E-state index contributed by atoms with van der Waals surface area (Å²) in [5.74, 6) is 0.770. The molecule has 1 aliphatic rings. The number of thiocarbonyl (C=S) groups is 1. The normalized spacial score (nSPS) is 15.5. The fourth-order valence-electron chi connectivity index (χ4n) is 3.63. The Morgan fingerprint density at radius 2 is 1.97 bits per heavy atom. The zero-order valence-electron chi connectivity index (χ0n) is 15.8. The van der Waals surface area contributed by atoms with Gasteiger partial charge in [0, 0.05) is 42.8 Å². The molecule has 1 N–H and O–H groups in total. The molecular weight excluding hydrogens is 388 g/mol. The Labute approximate surface area is 173 Å². The first kappa shape index (κ1) is 18.9. The average Bonchev–Trinajstić information content (AvgIpc) is 3.22. The number of benzene rings is 2. The van der Waals surface area contributed by atoms with Gasteiger partial charge in [-0.2, -0.15) is 0 Å². The van der Waals surface area contributed by atoms with Gasteiger partial charge < -0.3 is 19.5 Å². The lowest BCUT2D eigenvalue weighted by atomic mass is 10.00. The van der Waals surface area contributed by atoms with Crippen molar-refractivity contribution in [3.63, 3.8) is 0 Å². The number of hydrogen-bond donors (Lipinski definition) is 1. The van der Waals surface area contributed by atoms with Crippen LogP contribution in [0.2, 0.25) is 0 Å². The van der Waals surface area contributed by atoms with E-state index in [2.05, 4.69) is 14.8 Å². The maximum Gasteiger partial charge on any atom is 0.269 e. The number of hydrogen-bond acceptors (Lipinski definition) is 4. The molecule has 4 rings (SSSR count). The summed E-state index contributed by atoms with van der Waals surface area (Å²) in [6.45, 7) is 1.48. The molecule has 0 spiro atoms. The Morgan fingerprint density at radius 3 is 2.69 bits per heavy atom. The molecule has 2 aromatic carbocycles. The van der Waals surface area contributed by atoms with Crippen LogP contribution in [0.25, 0.3) is 0 Å². The summed E-state index contributed by atoms with van der Waals surface area (Å²) in [4.78, 5) is 13.0. The van der Waals surface area contributed by atoms with E-state index in [0.717, 1.165) is 29.2 Å². The van der Waals surface area contributed by atoms with Crippen LogP contribution >= 0.6 is 12.2 Å². The van der Waals surface area contributed by atoms with Crippen LogP contribution in [-0.2, 0) is 6.54 Å². The number of nitro benzene ring substituents is 1. The first-order valence-electron chi connectivity index (χ1n) is 9.18. The van der Waals surface area contributed by atoms with Crippen molar-refractivity contribution in [3.8, 4) is 5.75 Å². The minimum Gasteiger partial charge on any atom is -0.497 e. The molecule has 0 saturated heterocycles. The second-order valence-electron chi connectivity index (χ2n) is 6.73. The summed E-state index contributed by atoms with van der Waals surface area (Å²) < 4.78 is 7.36. The van der Waals surface area contributed by atoms with E-state index in [4.69, 9.17) is 17.0 Å². The molecule has 0 aliphatic carbocycles. The Morgan fingerprint density at radius 1 is 1.17 bits per heavy atom. The first-order valence-corrected chi connectivity index (χ1v) is 9.58. The smallest absolute Gasteiger partial charge is 0.269 e. The molecule has 0 fully saturated rings. The average molecular weight is 408 g/mol. The van der Waals surface area contributed by atoms with Crippen LogP contribution in [0.3, 0.4) is 0 Å². The van der Waals surface area contributed by atoms with E-state index in [-0.39, 0.29) is 16.7 Å². The number of rotatable bonds is 4. The molecule has 1 atom stereocenters. The van der Waals surface area contributed by atoms with Crippen molar-refractivity contribution in [2.24, 2.45) is 0 Å². The van der Waals surface area contributed by atoms with Crippen LogP contribution in [0.15, 0.2) is 66.9 Å². The van der Waals surface area contributed by atoms with E-state index in [1.807, 2.05) is 48.7 Å². The standard InChI is InChI=1S/C21H20N4O3S/c1-28-18-9-7-16(8-10-18)22-21(29)24-13-12-23-11-3-6-19(23)20(24)15-4-2-5-17(14-15)25(26)27/h2-11,14,20H,12-13H2,1H3,(H,22,29)/t20-/m1/s1. The zero-order valence-corrected chi connectivity index (χ0v) is 16.6. The van der Waals surface area contributed by atoms with Gasteiger partial charge in [-0.15, -0.1) is 0 Å². The number of nitrogens with one attached hydrogen (secondary N) is 1. The molecule has 0 bridgehead atoms. The lowest BCUT2D eigenvalue weighted by Crippen LogP contribution is -2.44. The molecule has 0 unspecified atom stereocenters. The van der Waals surface area contributed by atoms with Crippen LogP contribution in [0.1, 0.15) is 17.3 Å². The Bertz CT molecular complexity index is 1050. The minimum absolute atomic E-state index is 0.0696. The van der Waals surface area contributed by atoms with Crippen LogP contribution < -0.4 is 10.1 Å². The Balaban J connectivity index is 1.66. The van der Waals surface area contributed by atoms with Crippen LogP contribution in [0.5, 0.6) is 5.75 Å². The molecule has 1 aromatic heterocycles. The second-order valence-corrected chi connectivity index (χ2v) is 7.12. The van der Waals surface area contributed by atoms with Crippen molar-refractivity contribution >= 4 is 28.7 Å². The monoisotopic (exact) mass is 408 g/mol. The van der Waals surface area contributed by atoms with E-state index >= 15 is 0 Å². The van der Waals surface area contributed by atoms with Crippen LogP contribution in [0.4, 0.5) is 11.4 Å². The molecule has 3 aromatic rings. The van der Waals surface area contributed by atoms with E-state index in [0.29, 0.717) is 11.7 Å². The van der Waals surface area contributed by atoms with E-state index in [1.165, 1.54) is 6.07 Å². The largest absolute Gasteiger partial charge is 0.497 e. The highest BCUT2D eigenvalue weighted by atomic mass is 32.1. The molecule has 1 aliphatic heterocycles. The number of ether oxygens (including phenoxy) is 1. The van der Waals surface area contributed by atoms with E-state index < -0.39 is 0 Å². The Kier molecular flexibility index (Phi) is 5.18. The van der Waals surface area contributed by atoms with Crippen molar-refractivity contribution in [1.82, 2.24) is 9.47 Å². The first-order chi connectivity index (χ1) is 14.1. The fraction of sp³-hybridized carbons (Fsp3) is 0.190. The summed E-state index contributed by atoms with van der Waals surface area (Å²) in [5, 5.41) is 15.1. The topological polar surface area (TPSA) is 72.6 Å². The van der Waals surface area contributed by atoms with Crippen molar-refractivity contribution in [2.75, 3.05) is 19.0 Å². The lowest BCUT2D eigenvalue weighted by Gasteiger charge is -2.39. The molecule has 0 amide bonds. The van der Waals surface area contributed by atoms with Crippen LogP contribution in [-0.4, -0.2) is 33.2 Å². The van der Waals surface area contributed by atoms with Crippen molar-refractivity contribution < 1.29 is 9.66 Å². The number of aromatic nitrogens is 1. The number of non-ortho nitro benzene ring substituents is 1. The summed E-state index contributed by atoms with van der Waals surface area (Å²) in [7, 11) is 1.62. The molecule has 148 valence electrons. The number of nitrogens with zero attached hydrogens (tertiary/aromatic N) is 3. The van der Waals surface area contributed by atoms with Gasteiger partial charge in [0.1, 0.15) is 5.75 Å². The van der Waals surface area contributed by atoms with E-state index in [9.17, 15) is 10.1 Å². The van der Waals surface area contributed by atoms with Gasteiger partial charge >= 0.3 is 0 Å². The highest BCUT2D eigenvalue weighted by Crippen LogP contribution is 2.34. The maximum atomic E-state index is 11.3.